The summed E-state index contributed by atoms with van der Waals surface area (Å²) in [5.74, 6) is 0. The van der Waals surface area contributed by atoms with Crippen molar-refractivity contribution in [3.8, 4) is 0 Å². The number of anilines is 2. The molecule has 94 valence electrons. The maximum atomic E-state index is 12.2. The predicted molar refractivity (Wildman–Crippen MR) is 68.4 cm³/mol. The monoisotopic (exact) mass is 255 g/mol. The van der Waals surface area contributed by atoms with Crippen LogP contribution in [0.1, 0.15) is 12.8 Å². The van der Waals surface area contributed by atoms with Crippen LogP contribution in [0.25, 0.3) is 0 Å². The lowest BCUT2D eigenvalue weighted by molar-refractivity contribution is 0.477. The van der Waals surface area contributed by atoms with Crippen LogP contribution in [-0.2, 0) is 10.0 Å². The van der Waals surface area contributed by atoms with E-state index >= 15 is 0 Å². The first-order valence-corrected chi connectivity index (χ1v) is 7.07. The molecule has 0 atom stereocenters. The van der Waals surface area contributed by atoms with Crippen molar-refractivity contribution < 1.29 is 8.42 Å². The molecule has 1 aliphatic rings. The molecule has 1 aromatic rings. The number of benzene rings is 1. The van der Waals surface area contributed by atoms with E-state index in [-0.39, 0.29) is 4.90 Å². The first-order valence-electron chi connectivity index (χ1n) is 5.63. The van der Waals surface area contributed by atoms with Gasteiger partial charge in [0.15, 0.2) is 0 Å². The number of nitrogens with one attached hydrogen (secondary N) is 1. The number of nitrogens with two attached hydrogens (primary N) is 1. The first-order chi connectivity index (χ1) is 8.05. The fourth-order valence-corrected chi connectivity index (χ4v) is 3.56. The third-order valence-corrected chi connectivity index (χ3v) is 4.89. The highest BCUT2D eigenvalue weighted by atomic mass is 32.2. The molecular weight excluding hydrogens is 238 g/mol. The Kier molecular flexibility index (Phi) is 3.26. The summed E-state index contributed by atoms with van der Waals surface area (Å²) >= 11 is 0. The molecule has 0 aliphatic carbocycles. The molecule has 0 amide bonds. The molecular formula is C11H17N3O2S. The average Bonchev–Trinajstić information content (AvgIpc) is 2.83. The van der Waals surface area contributed by atoms with Crippen molar-refractivity contribution in [1.29, 1.82) is 0 Å². The highest BCUT2D eigenvalue weighted by Crippen LogP contribution is 2.26. The van der Waals surface area contributed by atoms with Crippen LogP contribution in [0, 0.1) is 0 Å². The fraction of sp³-hybridized carbons (Fsp3) is 0.455. The van der Waals surface area contributed by atoms with E-state index in [1.807, 2.05) is 0 Å². The molecule has 0 unspecified atom stereocenters. The number of hydrogen-bond donors (Lipinski definition) is 2. The van der Waals surface area contributed by atoms with Crippen LogP contribution >= 0.6 is 0 Å². The summed E-state index contributed by atoms with van der Waals surface area (Å²) < 4.78 is 26.0. The summed E-state index contributed by atoms with van der Waals surface area (Å²) in [6.07, 6.45) is 1.87. The molecule has 1 fully saturated rings. The Morgan fingerprint density at radius 2 is 1.94 bits per heavy atom. The Balaban J connectivity index is 2.36. The largest absolute Gasteiger partial charge is 0.397 e. The van der Waals surface area contributed by atoms with E-state index in [9.17, 15) is 8.42 Å². The van der Waals surface area contributed by atoms with Crippen LogP contribution in [0.4, 0.5) is 11.4 Å². The number of rotatable bonds is 3. The van der Waals surface area contributed by atoms with Crippen molar-refractivity contribution in [2.75, 3.05) is 31.2 Å². The van der Waals surface area contributed by atoms with Gasteiger partial charge in [0.2, 0.25) is 10.0 Å². The lowest BCUT2D eigenvalue weighted by Crippen LogP contribution is -2.27. The molecule has 0 radical (unpaired) electrons. The quantitative estimate of drug-likeness (QED) is 0.793. The van der Waals surface area contributed by atoms with E-state index in [1.54, 1.807) is 19.2 Å². The van der Waals surface area contributed by atoms with Gasteiger partial charge in [-0.05, 0) is 31.0 Å². The van der Waals surface area contributed by atoms with Gasteiger partial charge in [-0.25, -0.2) is 8.42 Å². The third-order valence-electron chi connectivity index (χ3n) is 3.00. The van der Waals surface area contributed by atoms with Gasteiger partial charge >= 0.3 is 0 Å². The molecule has 0 bridgehead atoms. The first kappa shape index (κ1) is 12.2. The Morgan fingerprint density at radius 3 is 2.47 bits per heavy atom. The summed E-state index contributed by atoms with van der Waals surface area (Å²) in [5, 5.41) is 2.91. The van der Waals surface area contributed by atoms with Crippen LogP contribution in [-0.4, -0.2) is 32.9 Å². The molecule has 5 nitrogen and oxygen atoms in total. The summed E-state index contributed by atoms with van der Waals surface area (Å²) in [6, 6.07) is 4.80. The number of sulfonamides is 1. The van der Waals surface area contributed by atoms with Crippen LogP contribution < -0.4 is 11.1 Å². The van der Waals surface area contributed by atoms with Crippen molar-refractivity contribution in [3.05, 3.63) is 18.2 Å². The topological polar surface area (TPSA) is 75.4 Å². The van der Waals surface area contributed by atoms with Crippen LogP contribution in [0.15, 0.2) is 23.1 Å². The van der Waals surface area contributed by atoms with Gasteiger partial charge in [-0.2, -0.15) is 4.31 Å². The van der Waals surface area contributed by atoms with Crippen molar-refractivity contribution in [1.82, 2.24) is 4.31 Å². The van der Waals surface area contributed by atoms with Gasteiger partial charge < -0.3 is 11.1 Å². The standard InChI is InChI=1S/C11H17N3O2S/c1-13-11-5-4-9(8-10(11)12)17(15,16)14-6-2-3-7-14/h4-5,8,13H,2-3,6-7,12H2,1H3. The van der Waals surface area contributed by atoms with E-state index in [1.165, 1.54) is 10.4 Å². The van der Waals surface area contributed by atoms with E-state index in [4.69, 9.17) is 5.73 Å². The molecule has 0 spiro atoms. The Bertz CT molecular complexity index is 507. The second-order valence-corrected chi connectivity index (χ2v) is 6.05. The summed E-state index contributed by atoms with van der Waals surface area (Å²) in [4.78, 5) is 0.274. The van der Waals surface area contributed by atoms with Gasteiger partial charge in [0.25, 0.3) is 0 Å². The molecule has 2 rings (SSSR count). The van der Waals surface area contributed by atoms with Crippen molar-refractivity contribution in [2.45, 2.75) is 17.7 Å². The number of nitrogens with zero attached hydrogens (tertiary/aromatic N) is 1. The van der Waals surface area contributed by atoms with Gasteiger partial charge in [0.05, 0.1) is 16.3 Å². The zero-order chi connectivity index (χ0) is 12.5. The Labute approximate surface area is 102 Å². The highest BCUT2D eigenvalue weighted by Gasteiger charge is 2.27. The maximum absolute atomic E-state index is 12.2. The predicted octanol–water partition coefficient (Wildman–Crippen LogP) is 1.09. The van der Waals surface area contributed by atoms with Gasteiger partial charge in [-0.1, -0.05) is 0 Å². The number of nitrogen functional groups attached to an aromatic ring is 1. The van der Waals surface area contributed by atoms with E-state index < -0.39 is 10.0 Å². The second kappa shape index (κ2) is 4.54. The lowest BCUT2D eigenvalue weighted by atomic mass is 10.3. The number of hydrogen-bond acceptors (Lipinski definition) is 4. The smallest absolute Gasteiger partial charge is 0.243 e. The summed E-state index contributed by atoms with van der Waals surface area (Å²) in [5.41, 5.74) is 6.97. The minimum absolute atomic E-state index is 0.274. The van der Waals surface area contributed by atoms with Gasteiger partial charge in [-0.15, -0.1) is 0 Å². The minimum atomic E-state index is -3.36. The molecule has 0 aromatic heterocycles. The van der Waals surface area contributed by atoms with Crippen LogP contribution in [0.5, 0.6) is 0 Å². The van der Waals surface area contributed by atoms with Crippen molar-refractivity contribution in [2.24, 2.45) is 0 Å². The Hall–Kier alpha value is -1.27. The molecule has 1 aromatic carbocycles. The van der Waals surface area contributed by atoms with E-state index in [2.05, 4.69) is 5.32 Å². The molecule has 0 saturated carbocycles. The molecule has 1 aliphatic heterocycles. The zero-order valence-corrected chi connectivity index (χ0v) is 10.6. The van der Waals surface area contributed by atoms with Gasteiger partial charge in [-0.3, -0.25) is 0 Å². The normalized spacial score (nSPS) is 17.2. The van der Waals surface area contributed by atoms with Crippen LogP contribution in [0.3, 0.4) is 0 Å². The van der Waals surface area contributed by atoms with E-state index in [0.29, 0.717) is 18.8 Å². The third kappa shape index (κ3) is 2.23. The lowest BCUT2D eigenvalue weighted by Gasteiger charge is -2.16. The molecule has 6 heteroatoms. The SMILES string of the molecule is CNc1ccc(S(=O)(=O)N2CCCC2)cc1N. The molecule has 1 saturated heterocycles. The second-order valence-electron chi connectivity index (χ2n) is 4.11. The van der Waals surface area contributed by atoms with Crippen molar-refractivity contribution >= 4 is 21.4 Å². The van der Waals surface area contributed by atoms with Crippen LogP contribution in [0.2, 0.25) is 0 Å². The fourth-order valence-electron chi connectivity index (χ4n) is 2.01. The molecule has 3 N–H and O–H groups in total. The van der Waals surface area contributed by atoms with Gasteiger partial charge in [0, 0.05) is 20.1 Å². The average molecular weight is 255 g/mol. The van der Waals surface area contributed by atoms with E-state index in [0.717, 1.165) is 18.5 Å². The maximum Gasteiger partial charge on any atom is 0.243 e. The summed E-state index contributed by atoms with van der Waals surface area (Å²) in [7, 11) is -1.61. The highest BCUT2D eigenvalue weighted by molar-refractivity contribution is 7.89. The minimum Gasteiger partial charge on any atom is -0.397 e. The molecule has 17 heavy (non-hydrogen) atoms. The zero-order valence-electron chi connectivity index (χ0n) is 9.81. The van der Waals surface area contributed by atoms with Gasteiger partial charge in [0.1, 0.15) is 0 Å². The Morgan fingerprint density at radius 1 is 1.29 bits per heavy atom. The van der Waals surface area contributed by atoms with Crippen molar-refractivity contribution in [3.63, 3.8) is 0 Å². The summed E-state index contributed by atoms with van der Waals surface area (Å²) in [6.45, 7) is 1.21. The molecule has 1 heterocycles.